The Morgan fingerprint density at radius 2 is 1.93 bits per heavy atom. The van der Waals surface area contributed by atoms with Crippen molar-refractivity contribution in [1.82, 2.24) is 19.8 Å². The lowest BCUT2D eigenvalue weighted by molar-refractivity contribution is 0.217. The summed E-state index contributed by atoms with van der Waals surface area (Å²) in [5, 5.41) is 6.24. The summed E-state index contributed by atoms with van der Waals surface area (Å²) in [6.45, 7) is 5.21. The van der Waals surface area contributed by atoms with E-state index in [9.17, 15) is 9.59 Å². The van der Waals surface area contributed by atoms with Gasteiger partial charge in [0, 0.05) is 36.9 Å². The fourth-order valence-corrected chi connectivity index (χ4v) is 2.95. The monoisotopic (exact) mass is 405 g/mol. The van der Waals surface area contributed by atoms with Gasteiger partial charge in [-0.15, -0.1) is 6.42 Å². The van der Waals surface area contributed by atoms with Crippen LogP contribution in [0.25, 0.3) is 10.9 Å². The quantitative estimate of drug-likeness (QED) is 0.609. The van der Waals surface area contributed by atoms with Gasteiger partial charge in [0.05, 0.1) is 12.1 Å². The van der Waals surface area contributed by atoms with Gasteiger partial charge >= 0.3 is 12.1 Å². The molecule has 30 heavy (non-hydrogen) atoms. The Morgan fingerprint density at radius 3 is 2.67 bits per heavy atom. The molecule has 0 fully saturated rings. The molecule has 0 radical (unpaired) electrons. The van der Waals surface area contributed by atoms with Crippen molar-refractivity contribution in [1.29, 1.82) is 0 Å². The lowest BCUT2D eigenvalue weighted by Crippen LogP contribution is -2.34. The number of hydrogen-bond acceptors (Lipinski definition) is 4. The predicted octanol–water partition coefficient (Wildman–Crippen LogP) is 3.89. The molecule has 0 unspecified atom stereocenters. The number of fused-ring (bicyclic) bond motifs is 1. The van der Waals surface area contributed by atoms with Gasteiger partial charge in [0.15, 0.2) is 0 Å². The molecule has 0 spiro atoms. The van der Waals surface area contributed by atoms with E-state index in [4.69, 9.17) is 11.2 Å². The molecule has 2 N–H and O–H groups in total. The zero-order chi connectivity index (χ0) is 21.5. The van der Waals surface area contributed by atoms with Crippen LogP contribution in [0, 0.1) is 12.3 Å². The third-order valence-electron chi connectivity index (χ3n) is 4.47. The molecular formula is C22H23N5O3. The fraction of sp³-hybridized carbons (Fsp3) is 0.227. The summed E-state index contributed by atoms with van der Waals surface area (Å²) in [6, 6.07) is 10.1. The zero-order valence-electron chi connectivity index (χ0n) is 16.9. The molecule has 0 atom stereocenters. The van der Waals surface area contributed by atoms with Gasteiger partial charge in [-0.3, -0.25) is 9.88 Å². The van der Waals surface area contributed by atoms with Crippen LogP contribution in [0.4, 0.5) is 15.4 Å². The van der Waals surface area contributed by atoms with E-state index in [0.717, 1.165) is 10.9 Å². The molecule has 0 aliphatic rings. The van der Waals surface area contributed by atoms with Crippen LogP contribution in [-0.2, 0) is 0 Å². The molecule has 1 aromatic carbocycles. The van der Waals surface area contributed by atoms with E-state index in [1.54, 1.807) is 41.6 Å². The van der Waals surface area contributed by atoms with Gasteiger partial charge in [-0.2, -0.15) is 0 Å². The van der Waals surface area contributed by atoms with Crippen LogP contribution in [0.15, 0.2) is 48.8 Å². The number of nitrogens with zero attached hydrogens (tertiary/aromatic N) is 3. The number of carbonyl (C=O) groups is 2. The van der Waals surface area contributed by atoms with Gasteiger partial charge in [-0.05, 0) is 44.2 Å². The van der Waals surface area contributed by atoms with E-state index in [-0.39, 0.29) is 18.6 Å². The summed E-state index contributed by atoms with van der Waals surface area (Å²) in [7, 11) is 0. The molecule has 0 aliphatic carbocycles. The van der Waals surface area contributed by atoms with Gasteiger partial charge in [0.2, 0.25) is 0 Å². The summed E-state index contributed by atoms with van der Waals surface area (Å²) in [5.74, 6) is 3.91. The molecule has 2 aromatic heterocycles. The van der Waals surface area contributed by atoms with Gasteiger partial charge in [-0.25, -0.2) is 14.6 Å². The maximum absolute atomic E-state index is 12.2. The number of amides is 3. The topological polar surface area (TPSA) is 88.5 Å². The molecular weight excluding hydrogens is 382 g/mol. The summed E-state index contributed by atoms with van der Waals surface area (Å²) in [4.78, 5) is 30.2. The predicted molar refractivity (Wildman–Crippen MR) is 116 cm³/mol. The minimum Gasteiger partial charge on any atom is -0.457 e. The number of pyridine rings is 1. The molecule has 8 nitrogen and oxygen atoms in total. The van der Waals surface area contributed by atoms with Crippen molar-refractivity contribution >= 4 is 28.8 Å². The number of terminal acetylenes is 1. The first-order valence-corrected chi connectivity index (χ1v) is 9.58. The third kappa shape index (κ3) is 4.70. The van der Waals surface area contributed by atoms with Gasteiger partial charge in [-0.1, -0.05) is 5.92 Å². The first kappa shape index (κ1) is 20.7. The number of urea groups is 1. The maximum Gasteiger partial charge on any atom is 0.326 e. The van der Waals surface area contributed by atoms with Crippen molar-refractivity contribution in [2.75, 3.05) is 25.0 Å². The number of ether oxygens (including phenoxy) is 1. The molecule has 0 bridgehead atoms. The van der Waals surface area contributed by atoms with E-state index in [0.29, 0.717) is 30.4 Å². The second-order valence-electron chi connectivity index (χ2n) is 6.35. The highest BCUT2D eigenvalue weighted by Crippen LogP contribution is 2.27. The van der Waals surface area contributed by atoms with Crippen molar-refractivity contribution in [3.8, 4) is 23.8 Å². The number of hydrogen-bond donors (Lipinski definition) is 2. The smallest absolute Gasteiger partial charge is 0.326 e. The number of aromatic nitrogens is 2. The number of benzene rings is 1. The number of rotatable bonds is 6. The van der Waals surface area contributed by atoms with E-state index < -0.39 is 0 Å². The van der Waals surface area contributed by atoms with Crippen LogP contribution in [0.5, 0.6) is 11.5 Å². The van der Waals surface area contributed by atoms with Crippen molar-refractivity contribution in [2.45, 2.75) is 13.8 Å². The highest BCUT2D eigenvalue weighted by molar-refractivity contribution is 5.92. The Kier molecular flexibility index (Phi) is 6.55. The molecule has 3 aromatic rings. The Bertz CT molecular complexity index is 1100. The van der Waals surface area contributed by atoms with Gasteiger partial charge < -0.3 is 15.0 Å². The third-order valence-corrected chi connectivity index (χ3v) is 4.47. The van der Waals surface area contributed by atoms with Crippen LogP contribution in [0.1, 0.15) is 13.8 Å². The number of carbonyl (C=O) groups excluding carboxylic acids is 2. The Hall–Kier alpha value is -3.99. The maximum atomic E-state index is 12.2. The highest BCUT2D eigenvalue weighted by atomic mass is 16.5. The lowest BCUT2D eigenvalue weighted by atomic mass is 10.2. The van der Waals surface area contributed by atoms with Gasteiger partial charge in [0.25, 0.3) is 0 Å². The summed E-state index contributed by atoms with van der Waals surface area (Å²) < 4.78 is 7.41. The minimum atomic E-state index is -0.292. The molecule has 3 amide bonds. The second-order valence-corrected chi connectivity index (χ2v) is 6.35. The number of nitrogens with one attached hydrogen (secondary N) is 2. The average molecular weight is 405 g/mol. The Morgan fingerprint density at radius 1 is 1.17 bits per heavy atom. The van der Waals surface area contributed by atoms with E-state index in [1.807, 2.05) is 26.0 Å². The molecule has 2 heterocycles. The molecule has 154 valence electrons. The van der Waals surface area contributed by atoms with Crippen LogP contribution < -0.4 is 15.4 Å². The van der Waals surface area contributed by atoms with E-state index in [2.05, 4.69) is 21.5 Å². The molecule has 3 rings (SSSR count). The van der Waals surface area contributed by atoms with Gasteiger partial charge in [0.1, 0.15) is 17.3 Å². The van der Waals surface area contributed by atoms with Crippen molar-refractivity contribution in [3.63, 3.8) is 0 Å². The average Bonchev–Trinajstić information content (AvgIpc) is 3.16. The zero-order valence-corrected chi connectivity index (χ0v) is 16.9. The minimum absolute atomic E-state index is 0.162. The largest absolute Gasteiger partial charge is 0.457 e. The van der Waals surface area contributed by atoms with Crippen LogP contribution in [-0.4, -0.2) is 46.1 Å². The first-order valence-electron chi connectivity index (χ1n) is 9.58. The van der Waals surface area contributed by atoms with Crippen molar-refractivity contribution < 1.29 is 14.3 Å². The Balaban J connectivity index is 1.74. The first-order chi connectivity index (χ1) is 14.5. The number of anilines is 1. The Labute approximate surface area is 174 Å². The van der Waals surface area contributed by atoms with Crippen LogP contribution >= 0.6 is 0 Å². The van der Waals surface area contributed by atoms with Crippen LogP contribution in [0.3, 0.4) is 0 Å². The van der Waals surface area contributed by atoms with Crippen LogP contribution in [0.2, 0.25) is 0 Å². The standard InChI is InChI=1S/C22H23N5O3/c1-4-11-24-21(28)27-13-10-16-14-17(7-8-19(16)27)30-18-9-12-23-20(15-18)25-22(29)26(5-2)6-3/h1,7-10,12-15H,5-6,11H2,2-3H3,(H,24,28)(H,23,25,29). The van der Waals surface area contributed by atoms with E-state index >= 15 is 0 Å². The van der Waals surface area contributed by atoms with Crippen molar-refractivity contribution in [2.24, 2.45) is 0 Å². The lowest BCUT2D eigenvalue weighted by Gasteiger charge is -2.18. The van der Waals surface area contributed by atoms with Crippen molar-refractivity contribution in [3.05, 3.63) is 48.8 Å². The molecule has 8 heteroatoms. The SMILES string of the molecule is C#CCNC(=O)n1ccc2cc(Oc3ccnc(NC(=O)N(CC)CC)c3)ccc21. The fourth-order valence-electron chi connectivity index (χ4n) is 2.95. The summed E-state index contributed by atoms with van der Waals surface area (Å²) in [5.41, 5.74) is 0.735. The van der Waals surface area contributed by atoms with E-state index in [1.165, 1.54) is 4.57 Å². The molecule has 0 aliphatic heterocycles. The normalized spacial score (nSPS) is 10.3. The summed E-state index contributed by atoms with van der Waals surface area (Å²) in [6.07, 6.45) is 8.42. The summed E-state index contributed by atoms with van der Waals surface area (Å²) >= 11 is 0. The second kappa shape index (κ2) is 9.47. The molecule has 0 saturated heterocycles. The highest BCUT2D eigenvalue weighted by Gasteiger charge is 2.12. The molecule has 0 saturated carbocycles.